The van der Waals surface area contributed by atoms with E-state index in [1.807, 2.05) is 0 Å². The molecule has 1 aliphatic rings. The van der Waals surface area contributed by atoms with Gasteiger partial charge in [-0.25, -0.2) is 0 Å². The van der Waals surface area contributed by atoms with E-state index in [9.17, 15) is 0 Å². The van der Waals surface area contributed by atoms with Crippen molar-refractivity contribution in [2.24, 2.45) is 0 Å². The zero-order valence-corrected chi connectivity index (χ0v) is 6.97. The van der Waals surface area contributed by atoms with E-state index in [4.69, 9.17) is 35.0 Å². The van der Waals surface area contributed by atoms with Crippen LogP contribution in [0.4, 0.5) is 0 Å². The minimum atomic E-state index is -0.931. The number of halogens is 3. The van der Waals surface area contributed by atoms with Crippen molar-refractivity contribution >= 4 is 35.0 Å². The number of rotatable bonds is 0. The van der Waals surface area contributed by atoms with E-state index >= 15 is 0 Å². The van der Waals surface area contributed by atoms with Gasteiger partial charge in [-0.2, -0.15) is 4.42 Å². The van der Waals surface area contributed by atoms with E-state index in [0.717, 1.165) is 6.54 Å². The molecule has 1 fully saturated rings. The van der Waals surface area contributed by atoms with Crippen molar-refractivity contribution in [2.75, 3.05) is 19.6 Å². The summed E-state index contributed by atoms with van der Waals surface area (Å²) in [4.78, 5) is 0. The quantitative estimate of drug-likeness (QED) is 0.350. The van der Waals surface area contributed by atoms with Crippen molar-refractivity contribution in [3.8, 4) is 0 Å². The van der Waals surface area contributed by atoms with Crippen molar-refractivity contribution in [3.63, 3.8) is 0 Å². The van der Waals surface area contributed by atoms with Crippen LogP contribution in [-0.2, 0) is 0 Å². The zero-order valence-electron chi connectivity index (χ0n) is 4.70. The molecule has 0 radical (unpaired) electrons. The van der Waals surface area contributed by atoms with Crippen LogP contribution in [0.5, 0.6) is 0 Å². The van der Waals surface area contributed by atoms with Gasteiger partial charge in [-0.15, -0.1) is 0 Å². The molecule has 2 nitrogen and oxygen atoms in total. The standard InChI is InChI=1S/C4H7Cl3N2/c5-4(6)3-8-1-2-9(4)7/h8H,1-3H2. The summed E-state index contributed by atoms with van der Waals surface area (Å²) in [6.45, 7) is 2.03. The van der Waals surface area contributed by atoms with Gasteiger partial charge in [0.25, 0.3) is 0 Å². The normalized spacial score (nSPS) is 28.3. The Kier molecular flexibility index (Phi) is 2.46. The summed E-state index contributed by atoms with van der Waals surface area (Å²) in [5, 5.41) is 3.02. The van der Waals surface area contributed by atoms with Gasteiger partial charge in [0.1, 0.15) is 0 Å². The molecule has 1 N–H and O–H groups in total. The zero-order chi connectivity index (χ0) is 6.91. The predicted octanol–water partition coefficient (Wildman–Crippen LogP) is 1.18. The van der Waals surface area contributed by atoms with Crippen LogP contribution in [0, 0.1) is 0 Å². The van der Waals surface area contributed by atoms with Crippen LogP contribution in [-0.4, -0.2) is 28.5 Å². The summed E-state index contributed by atoms with van der Waals surface area (Å²) >= 11 is 17.1. The van der Waals surface area contributed by atoms with Crippen LogP contribution in [0.3, 0.4) is 0 Å². The molecule has 0 atom stereocenters. The Morgan fingerprint density at radius 1 is 1.44 bits per heavy atom. The highest BCUT2D eigenvalue weighted by atomic mass is 35.5. The number of hydrogen-bond donors (Lipinski definition) is 1. The van der Waals surface area contributed by atoms with Gasteiger partial charge in [-0.1, -0.05) is 23.2 Å². The number of alkyl halides is 2. The molecule has 1 saturated heterocycles. The third-order valence-electron chi connectivity index (χ3n) is 1.18. The van der Waals surface area contributed by atoms with E-state index in [1.54, 1.807) is 0 Å². The molecule has 0 aromatic heterocycles. The maximum atomic E-state index is 5.72. The van der Waals surface area contributed by atoms with Gasteiger partial charge >= 0.3 is 0 Å². The molecule has 0 saturated carbocycles. The van der Waals surface area contributed by atoms with Gasteiger partial charge in [-0.05, 0) is 11.8 Å². The molecule has 0 amide bonds. The third kappa shape index (κ3) is 1.85. The fraction of sp³-hybridized carbons (Fsp3) is 1.00. The van der Waals surface area contributed by atoms with Crippen LogP contribution in [0.1, 0.15) is 0 Å². The molecule has 1 heterocycles. The van der Waals surface area contributed by atoms with Gasteiger partial charge in [-0.3, -0.25) is 0 Å². The Balaban J connectivity index is 2.49. The molecule has 1 rings (SSSR count). The first-order valence-corrected chi connectivity index (χ1v) is 3.74. The Morgan fingerprint density at radius 3 is 2.44 bits per heavy atom. The molecular weight excluding hydrogens is 182 g/mol. The Hall–Kier alpha value is 0.790. The Morgan fingerprint density at radius 2 is 2.11 bits per heavy atom. The second-order valence-corrected chi connectivity index (χ2v) is 3.78. The van der Waals surface area contributed by atoms with E-state index in [-0.39, 0.29) is 0 Å². The molecule has 0 aromatic carbocycles. The highest BCUT2D eigenvalue weighted by molar-refractivity contribution is 6.50. The van der Waals surface area contributed by atoms with Crippen molar-refractivity contribution < 1.29 is 0 Å². The third-order valence-corrected chi connectivity index (χ3v) is 2.48. The second kappa shape index (κ2) is 2.81. The molecular formula is C4H7Cl3N2. The van der Waals surface area contributed by atoms with Crippen LogP contribution >= 0.6 is 35.0 Å². The van der Waals surface area contributed by atoms with Crippen LogP contribution < -0.4 is 5.32 Å². The van der Waals surface area contributed by atoms with Gasteiger partial charge in [0.15, 0.2) is 4.46 Å². The van der Waals surface area contributed by atoms with Crippen LogP contribution in [0.15, 0.2) is 0 Å². The molecule has 1 aliphatic heterocycles. The smallest absolute Gasteiger partial charge is 0.196 e. The lowest BCUT2D eigenvalue weighted by Crippen LogP contribution is -2.50. The number of hydrogen-bond acceptors (Lipinski definition) is 2. The molecule has 0 spiro atoms. The van der Waals surface area contributed by atoms with Crippen molar-refractivity contribution in [1.82, 2.24) is 9.74 Å². The van der Waals surface area contributed by atoms with Gasteiger partial charge in [0.2, 0.25) is 0 Å². The maximum Gasteiger partial charge on any atom is 0.196 e. The van der Waals surface area contributed by atoms with Crippen LogP contribution in [0.25, 0.3) is 0 Å². The van der Waals surface area contributed by atoms with Crippen molar-refractivity contribution in [2.45, 2.75) is 4.46 Å². The largest absolute Gasteiger partial charge is 0.311 e. The Labute approximate surface area is 69.2 Å². The number of nitrogens with one attached hydrogen (secondary N) is 1. The number of piperazine rings is 1. The summed E-state index contributed by atoms with van der Waals surface area (Å²) < 4.78 is 0.465. The molecule has 0 aromatic rings. The highest BCUT2D eigenvalue weighted by Crippen LogP contribution is 2.28. The number of nitrogens with zero attached hydrogens (tertiary/aromatic N) is 1. The maximum absolute atomic E-state index is 5.72. The lowest BCUT2D eigenvalue weighted by molar-refractivity contribution is 0.317. The van der Waals surface area contributed by atoms with E-state index in [2.05, 4.69) is 5.32 Å². The summed E-state index contributed by atoms with van der Waals surface area (Å²) in [5.41, 5.74) is 0. The topological polar surface area (TPSA) is 15.3 Å². The average molecular weight is 189 g/mol. The lowest BCUT2D eigenvalue weighted by atomic mass is 10.4. The second-order valence-electron chi connectivity index (χ2n) is 1.93. The van der Waals surface area contributed by atoms with E-state index < -0.39 is 4.46 Å². The monoisotopic (exact) mass is 188 g/mol. The predicted molar refractivity (Wildman–Crippen MR) is 39.9 cm³/mol. The first-order valence-electron chi connectivity index (χ1n) is 2.65. The minimum absolute atomic E-state index is 0.514. The summed E-state index contributed by atoms with van der Waals surface area (Å²) in [6, 6.07) is 0. The molecule has 9 heavy (non-hydrogen) atoms. The van der Waals surface area contributed by atoms with Gasteiger partial charge in [0, 0.05) is 19.6 Å². The highest BCUT2D eigenvalue weighted by Gasteiger charge is 2.33. The molecule has 0 aliphatic carbocycles. The first kappa shape index (κ1) is 7.89. The van der Waals surface area contributed by atoms with Crippen LogP contribution in [0.2, 0.25) is 0 Å². The fourth-order valence-corrected chi connectivity index (χ4v) is 1.17. The van der Waals surface area contributed by atoms with E-state index in [1.165, 1.54) is 4.42 Å². The summed E-state index contributed by atoms with van der Waals surface area (Å²) in [5.74, 6) is 0. The summed E-state index contributed by atoms with van der Waals surface area (Å²) in [7, 11) is 0. The lowest BCUT2D eigenvalue weighted by Gasteiger charge is -2.32. The fourth-order valence-electron chi connectivity index (χ4n) is 0.665. The molecule has 5 heteroatoms. The molecule has 0 unspecified atom stereocenters. The van der Waals surface area contributed by atoms with Crippen molar-refractivity contribution in [1.29, 1.82) is 0 Å². The summed E-state index contributed by atoms with van der Waals surface area (Å²) in [6.07, 6.45) is 0. The minimum Gasteiger partial charge on any atom is -0.311 e. The first-order chi connectivity index (χ1) is 4.13. The van der Waals surface area contributed by atoms with E-state index in [0.29, 0.717) is 13.1 Å². The molecule has 0 bridgehead atoms. The van der Waals surface area contributed by atoms with Gasteiger partial charge in [0.05, 0.1) is 0 Å². The molecule has 54 valence electrons. The van der Waals surface area contributed by atoms with Gasteiger partial charge < -0.3 is 5.32 Å². The Bertz CT molecular complexity index is 106. The average Bonchev–Trinajstić information content (AvgIpc) is 1.77. The SMILES string of the molecule is ClN1CCNCC1(Cl)Cl. The van der Waals surface area contributed by atoms with Crippen molar-refractivity contribution in [3.05, 3.63) is 0 Å².